The van der Waals surface area contributed by atoms with Gasteiger partial charge in [-0.25, -0.2) is 4.39 Å². The van der Waals surface area contributed by atoms with Gasteiger partial charge in [-0.15, -0.1) is 0 Å². The fraction of sp³-hybridized carbons (Fsp3) is 0.429. The predicted molar refractivity (Wildman–Crippen MR) is 80.0 cm³/mol. The quantitative estimate of drug-likeness (QED) is 0.916. The molecule has 0 aliphatic heterocycles. The first-order valence-electron chi connectivity index (χ1n) is 6.76. The summed E-state index contributed by atoms with van der Waals surface area (Å²) in [5.74, 6) is -0.705. The van der Waals surface area contributed by atoms with Crippen molar-refractivity contribution in [1.29, 1.82) is 0 Å². The van der Waals surface area contributed by atoms with Gasteiger partial charge in [-0.3, -0.25) is 14.8 Å². The van der Waals surface area contributed by atoms with Crippen molar-refractivity contribution in [1.82, 2.24) is 15.1 Å². The fourth-order valence-corrected chi connectivity index (χ4v) is 2.92. The van der Waals surface area contributed by atoms with Gasteiger partial charge in [-0.2, -0.15) is 5.10 Å². The van der Waals surface area contributed by atoms with Crippen molar-refractivity contribution in [2.45, 2.75) is 24.8 Å². The van der Waals surface area contributed by atoms with Gasteiger partial charge in [0.05, 0.1) is 11.2 Å². The summed E-state index contributed by atoms with van der Waals surface area (Å²) in [7, 11) is 3.73. The van der Waals surface area contributed by atoms with Crippen LogP contribution >= 0.6 is 11.6 Å². The molecular formula is C14H16ClFN4O. The number of rotatable bonds is 3. The summed E-state index contributed by atoms with van der Waals surface area (Å²) < 4.78 is 14.1. The fourth-order valence-electron chi connectivity index (χ4n) is 2.72. The Hall–Kier alpha value is -1.66. The zero-order chi connectivity index (χ0) is 15.2. The SMILES string of the molecule is CN(C)C1(C(=O)Nc2cc3c(Cl)[nH]nc3cc2F)CCC1. The van der Waals surface area contributed by atoms with E-state index < -0.39 is 11.4 Å². The number of likely N-dealkylation sites (N-methyl/N-ethyl adjacent to an activating group) is 1. The third kappa shape index (κ3) is 2.18. The number of anilines is 1. The number of aromatic nitrogens is 2. The van der Waals surface area contributed by atoms with Crippen LogP contribution in [0.4, 0.5) is 10.1 Å². The second-order valence-corrected chi connectivity index (χ2v) is 6.00. The van der Waals surface area contributed by atoms with E-state index >= 15 is 0 Å². The summed E-state index contributed by atoms with van der Waals surface area (Å²) >= 11 is 5.95. The molecule has 1 aromatic heterocycles. The van der Waals surface area contributed by atoms with E-state index in [2.05, 4.69) is 15.5 Å². The Balaban J connectivity index is 1.92. The van der Waals surface area contributed by atoms with Crippen LogP contribution in [0.3, 0.4) is 0 Å². The lowest BCUT2D eigenvalue weighted by molar-refractivity contribution is -0.131. The third-order valence-corrected chi connectivity index (χ3v) is 4.59. The number of aromatic amines is 1. The lowest BCUT2D eigenvalue weighted by atomic mass is 9.75. The van der Waals surface area contributed by atoms with E-state index in [1.807, 2.05) is 19.0 Å². The number of carbonyl (C=O) groups is 1. The largest absolute Gasteiger partial charge is 0.322 e. The monoisotopic (exact) mass is 310 g/mol. The van der Waals surface area contributed by atoms with E-state index in [1.54, 1.807) is 0 Å². The number of fused-ring (bicyclic) bond motifs is 1. The number of nitrogens with one attached hydrogen (secondary N) is 2. The minimum absolute atomic E-state index is 0.129. The van der Waals surface area contributed by atoms with Gasteiger partial charge in [0.25, 0.3) is 0 Å². The number of nitrogens with zero attached hydrogens (tertiary/aromatic N) is 2. The first-order chi connectivity index (χ1) is 9.94. The molecule has 21 heavy (non-hydrogen) atoms. The first kappa shape index (κ1) is 14.3. The minimum Gasteiger partial charge on any atom is -0.322 e. The van der Waals surface area contributed by atoms with Gasteiger partial charge in [0.15, 0.2) is 0 Å². The van der Waals surface area contributed by atoms with Gasteiger partial charge < -0.3 is 5.32 Å². The van der Waals surface area contributed by atoms with Crippen molar-refractivity contribution >= 4 is 34.1 Å². The molecule has 2 N–H and O–H groups in total. The minimum atomic E-state index is -0.540. The van der Waals surface area contributed by atoms with Crippen LogP contribution in [0, 0.1) is 5.82 Å². The van der Waals surface area contributed by atoms with Gasteiger partial charge in [-0.05, 0) is 39.4 Å². The molecule has 0 spiro atoms. The van der Waals surface area contributed by atoms with E-state index in [9.17, 15) is 9.18 Å². The van der Waals surface area contributed by atoms with Crippen molar-refractivity contribution < 1.29 is 9.18 Å². The molecule has 0 saturated heterocycles. The van der Waals surface area contributed by atoms with E-state index in [1.165, 1.54) is 12.1 Å². The predicted octanol–water partition coefficient (Wildman–Crippen LogP) is 2.78. The summed E-state index contributed by atoms with van der Waals surface area (Å²) in [6.07, 6.45) is 2.56. The Morgan fingerprint density at radius 2 is 2.19 bits per heavy atom. The van der Waals surface area contributed by atoms with E-state index in [4.69, 9.17) is 11.6 Å². The highest BCUT2D eigenvalue weighted by atomic mass is 35.5. The molecule has 0 atom stereocenters. The number of carbonyl (C=O) groups excluding carboxylic acids is 1. The van der Waals surface area contributed by atoms with Crippen molar-refractivity contribution in [2.24, 2.45) is 0 Å². The van der Waals surface area contributed by atoms with Gasteiger partial charge >= 0.3 is 0 Å². The number of hydrogen-bond donors (Lipinski definition) is 2. The highest BCUT2D eigenvalue weighted by Gasteiger charge is 2.46. The second kappa shape index (κ2) is 4.96. The molecule has 1 heterocycles. The summed E-state index contributed by atoms with van der Waals surface area (Å²) in [5.41, 5.74) is 0.0205. The van der Waals surface area contributed by atoms with E-state index in [0.717, 1.165) is 19.3 Å². The number of H-pyrrole nitrogens is 1. The lowest BCUT2D eigenvalue weighted by Gasteiger charge is -2.45. The number of benzene rings is 1. The highest BCUT2D eigenvalue weighted by molar-refractivity contribution is 6.34. The van der Waals surface area contributed by atoms with Gasteiger partial charge in [0.1, 0.15) is 16.5 Å². The maximum absolute atomic E-state index is 14.1. The van der Waals surface area contributed by atoms with Crippen molar-refractivity contribution in [2.75, 3.05) is 19.4 Å². The van der Waals surface area contributed by atoms with Crippen LogP contribution in [0.5, 0.6) is 0 Å². The number of halogens is 2. The third-order valence-electron chi connectivity index (χ3n) is 4.30. The van der Waals surface area contributed by atoms with Crippen LogP contribution in [-0.2, 0) is 4.79 Å². The Labute approximate surface area is 126 Å². The van der Waals surface area contributed by atoms with Crippen molar-refractivity contribution in [3.63, 3.8) is 0 Å². The maximum Gasteiger partial charge on any atom is 0.244 e. The second-order valence-electron chi connectivity index (χ2n) is 5.62. The molecule has 1 amide bonds. The Morgan fingerprint density at radius 3 is 2.76 bits per heavy atom. The molecule has 1 fully saturated rings. The molecule has 5 nitrogen and oxygen atoms in total. The highest BCUT2D eigenvalue weighted by Crippen LogP contribution is 2.37. The van der Waals surface area contributed by atoms with Gasteiger partial charge in [0.2, 0.25) is 5.91 Å². The topological polar surface area (TPSA) is 61.0 Å². The van der Waals surface area contributed by atoms with Crippen LogP contribution in [0.15, 0.2) is 12.1 Å². The van der Waals surface area contributed by atoms with Crippen molar-refractivity contribution in [3.8, 4) is 0 Å². The molecule has 0 radical (unpaired) electrons. The summed E-state index contributed by atoms with van der Waals surface area (Å²) in [6, 6.07) is 2.77. The molecule has 1 saturated carbocycles. The van der Waals surface area contributed by atoms with Gasteiger partial charge in [0, 0.05) is 11.5 Å². The van der Waals surface area contributed by atoms with E-state index in [0.29, 0.717) is 16.1 Å². The smallest absolute Gasteiger partial charge is 0.244 e. The molecule has 1 aromatic carbocycles. The lowest BCUT2D eigenvalue weighted by Crippen LogP contribution is -2.58. The summed E-state index contributed by atoms with van der Waals surface area (Å²) in [6.45, 7) is 0. The Morgan fingerprint density at radius 1 is 1.48 bits per heavy atom. The molecule has 1 aliphatic carbocycles. The average molecular weight is 311 g/mol. The van der Waals surface area contributed by atoms with Gasteiger partial charge in [-0.1, -0.05) is 11.6 Å². The Bertz CT molecular complexity index is 708. The molecular weight excluding hydrogens is 295 g/mol. The summed E-state index contributed by atoms with van der Waals surface area (Å²) in [4.78, 5) is 14.4. The maximum atomic E-state index is 14.1. The Kier molecular flexibility index (Phi) is 3.37. The standard InChI is InChI=1S/C14H16ClFN4O/c1-20(2)14(4-3-5-14)13(21)17-11-6-8-10(7-9(11)16)18-19-12(8)15/h6-7H,3-5H2,1-2H3,(H,17,21)(H,18,19). The average Bonchev–Trinajstić information content (AvgIpc) is 2.69. The molecule has 1 aliphatic rings. The molecule has 2 aromatic rings. The number of amides is 1. The van der Waals surface area contributed by atoms with Crippen LogP contribution in [-0.4, -0.2) is 40.6 Å². The van der Waals surface area contributed by atoms with Crippen LogP contribution < -0.4 is 5.32 Å². The molecule has 0 unspecified atom stereocenters. The van der Waals surface area contributed by atoms with Crippen LogP contribution in [0.25, 0.3) is 10.9 Å². The zero-order valence-electron chi connectivity index (χ0n) is 11.8. The van der Waals surface area contributed by atoms with E-state index in [-0.39, 0.29) is 11.6 Å². The molecule has 112 valence electrons. The number of hydrogen-bond acceptors (Lipinski definition) is 3. The van der Waals surface area contributed by atoms with Crippen molar-refractivity contribution in [3.05, 3.63) is 23.1 Å². The molecule has 7 heteroatoms. The summed E-state index contributed by atoms with van der Waals surface area (Å²) in [5, 5.41) is 10.1. The van der Waals surface area contributed by atoms with Crippen LogP contribution in [0.1, 0.15) is 19.3 Å². The normalized spacial score (nSPS) is 17.0. The first-order valence-corrected chi connectivity index (χ1v) is 7.14. The molecule has 3 rings (SSSR count). The molecule has 0 bridgehead atoms. The van der Waals surface area contributed by atoms with Crippen LogP contribution in [0.2, 0.25) is 5.15 Å². The zero-order valence-corrected chi connectivity index (χ0v) is 12.6.